The summed E-state index contributed by atoms with van der Waals surface area (Å²) in [7, 11) is 0. The smallest absolute Gasteiger partial charge is 0.412 e. The first kappa shape index (κ1) is 15.6. The van der Waals surface area contributed by atoms with Gasteiger partial charge in [0, 0.05) is 12.2 Å². The molecule has 1 aromatic rings. The fourth-order valence-corrected chi connectivity index (χ4v) is 2.53. The van der Waals surface area contributed by atoms with E-state index in [4.69, 9.17) is 4.74 Å². The summed E-state index contributed by atoms with van der Waals surface area (Å²) in [5, 5.41) is 15.9. The van der Waals surface area contributed by atoms with Crippen LogP contribution in [-0.2, 0) is 4.74 Å². The first-order valence-corrected chi connectivity index (χ1v) is 7.39. The lowest BCUT2D eigenvalue weighted by atomic mass is 9.90. The van der Waals surface area contributed by atoms with Crippen molar-refractivity contribution in [3.8, 4) is 5.75 Å². The first-order chi connectivity index (χ1) is 9.85. The van der Waals surface area contributed by atoms with Crippen molar-refractivity contribution >= 4 is 11.8 Å². The summed E-state index contributed by atoms with van der Waals surface area (Å²) in [5.41, 5.74) is 1.12. The minimum atomic E-state index is -0.534. The van der Waals surface area contributed by atoms with Crippen LogP contribution in [0.4, 0.5) is 10.5 Å². The number of phenols is 1. The van der Waals surface area contributed by atoms with E-state index in [1.54, 1.807) is 18.2 Å². The number of carbonyl (C=O) groups excluding carboxylic acids is 1. The molecule has 21 heavy (non-hydrogen) atoms. The second-order valence-corrected chi connectivity index (χ2v) is 6.44. The maximum absolute atomic E-state index is 11.9. The van der Waals surface area contributed by atoms with E-state index < -0.39 is 11.7 Å². The summed E-state index contributed by atoms with van der Waals surface area (Å²) in [6.45, 7) is 7.36. The molecule has 1 heterocycles. The lowest BCUT2D eigenvalue weighted by molar-refractivity contribution is 0.0635. The van der Waals surface area contributed by atoms with Crippen molar-refractivity contribution in [3.05, 3.63) is 23.8 Å². The van der Waals surface area contributed by atoms with E-state index in [2.05, 4.69) is 10.6 Å². The first-order valence-electron chi connectivity index (χ1n) is 7.39. The topological polar surface area (TPSA) is 70.6 Å². The summed E-state index contributed by atoms with van der Waals surface area (Å²) in [6.07, 6.45) is 1.66. The van der Waals surface area contributed by atoms with Gasteiger partial charge in [0.05, 0.1) is 0 Å². The van der Waals surface area contributed by atoms with E-state index in [0.717, 1.165) is 31.5 Å². The van der Waals surface area contributed by atoms with Gasteiger partial charge < -0.3 is 15.2 Å². The largest absolute Gasteiger partial charge is 0.508 e. The van der Waals surface area contributed by atoms with Crippen molar-refractivity contribution in [2.75, 3.05) is 18.4 Å². The van der Waals surface area contributed by atoms with E-state index in [1.165, 1.54) is 0 Å². The number of carbonyl (C=O) groups is 1. The van der Waals surface area contributed by atoms with E-state index in [9.17, 15) is 9.90 Å². The number of hydrogen-bond donors (Lipinski definition) is 3. The molecular weight excluding hydrogens is 268 g/mol. The summed E-state index contributed by atoms with van der Waals surface area (Å²) >= 11 is 0. The Bertz CT molecular complexity index is 503. The molecule has 0 radical (unpaired) electrons. The molecule has 0 bridgehead atoms. The number of benzene rings is 1. The predicted octanol–water partition coefficient (Wildman–Crippen LogP) is 3.21. The zero-order chi connectivity index (χ0) is 15.5. The molecule has 0 saturated carbocycles. The molecule has 1 unspecified atom stereocenters. The molecular formula is C16H24N2O3. The lowest BCUT2D eigenvalue weighted by Crippen LogP contribution is -2.30. The number of hydrogen-bond acceptors (Lipinski definition) is 4. The number of piperidine rings is 1. The number of rotatable bonds is 2. The minimum Gasteiger partial charge on any atom is -0.508 e. The third-order valence-corrected chi connectivity index (χ3v) is 3.41. The van der Waals surface area contributed by atoms with Crippen LogP contribution in [0.25, 0.3) is 0 Å². The van der Waals surface area contributed by atoms with Gasteiger partial charge in [-0.25, -0.2) is 4.79 Å². The second-order valence-electron chi connectivity index (χ2n) is 6.44. The molecule has 3 N–H and O–H groups in total. The van der Waals surface area contributed by atoms with Crippen LogP contribution in [0.3, 0.4) is 0 Å². The molecule has 0 aliphatic carbocycles. The Hall–Kier alpha value is -1.75. The number of aromatic hydroxyl groups is 1. The van der Waals surface area contributed by atoms with Crippen molar-refractivity contribution in [3.63, 3.8) is 0 Å². The van der Waals surface area contributed by atoms with Gasteiger partial charge in [-0.05, 0) is 69.8 Å². The van der Waals surface area contributed by atoms with Crippen LogP contribution in [0.5, 0.6) is 5.75 Å². The van der Waals surface area contributed by atoms with Crippen LogP contribution in [0, 0.1) is 0 Å². The normalized spacial score (nSPS) is 19.1. The molecule has 0 spiro atoms. The highest BCUT2D eigenvalue weighted by Crippen LogP contribution is 2.32. The third-order valence-electron chi connectivity index (χ3n) is 3.41. The highest BCUT2D eigenvalue weighted by Gasteiger charge is 2.22. The molecule has 1 aliphatic heterocycles. The van der Waals surface area contributed by atoms with Crippen LogP contribution in [0.1, 0.15) is 45.1 Å². The van der Waals surface area contributed by atoms with Gasteiger partial charge in [0.1, 0.15) is 11.4 Å². The van der Waals surface area contributed by atoms with Crippen LogP contribution in [0.2, 0.25) is 0 Å². The summed E-state index contributed by atoms with van der Waals surface area (Å²) in [5.74, 6) is 0.501. The number of ether oxygens (including phenoxy) is 1. The molecule has 1 fully saturated rings. The van der Waals surface area contributed by atoms with Gasteiger partial charge in [0.25, 0.3) is 0 Å². The van der Waals surface area contributed by atoms with Gasteiger partial charge in [0.15, 0.2) is 0 Å². The molecule has 1 atom stereocenters. The zero-order valence-corrected chi connectivity index (χ0v) is 12.9. The Morgan fingerprint density at radius 1 is 1.43 bits per heavy atom. The quantitative estimate of drug-likeness (QED) is 0.732. The minimum absolute atomic E-state index is 0.213. The number of anilines is 1. The van der Waals surface area contributed by atoms with Crippen molar-refractivity contribution in [2.45, 2.75) is 45.1 Å². The SMILES string of the molecule is CC(C)(C)OC(=O)Nc1ccc(O)cc1C1CCCNC1. The van der Waals surface area contributed by atoms with Crippen molar-refractivity contribution in [1.82, 2.24) is 5.32 Å². The fourth-order valence-electron chi connectivity index (χ4n) is 2.53. The van der Waals surface area contributed by atoms with Gasteiger partial charge in [-0.15, -0.1) is 0 Å². The molecule has 116 valence electrons. The van der Waals surface area contributed by atoms with Crippen LogP contribution in [-0.4, -0.2) is 29.9 Å². The van der Waals surface area contributed by atoms with Gasteiger partial charge in [-0.1, -0.05) is 0 Å². The summed E-state index contributed by atoms with van der Waals surface area (Å²) < 4.78 is 5.29. The van der Waals surface area contributed by atoms with Crippen molar-refractivity contribution < 1.29 is 14.6 Å². The maximum atomic E-state index is 11.9. The maximum Gasteiger partial charge on any atom is 0.412 e. The predicted molar refractivity (Wildman–Crippen MR) is 82.8 cm³/mol. The van der Waals surface area contributed by atoms with Gasteiger partial charge in [0.2, 0.25) is 0 Å². The summed E-state index contributed by atoms with van der Waals surface area (Å²) in [4.78, 5) is 11.9. The molecule has 1 aromatic carbocycles. The molecule has 5 nitrogen and oxygen atoms in total. The number of nitrogens with one attached hydrogen (secondary N) is 2. The monoisotopic (exact) mass is 292 g/mol. The number of phenolic OH excluding ortho intramolecular Hbond substituents is 1. The zero-order valence-electron chi connectivity index (χ0n) is 12.9. The van der Waals surface area contributed by atoms with E-state index in [-0.39, 0.29) is 11.7 Å². The Labute approximate surface area is 125 Å². The average Bonchev–Trinajstić information content (AvgIpc) is 2.40. The van der Waals surface area contributed by atoms with E-state index >= 15 is 0 Å². The lowest BCUT2D eigenvalue weighted by Gasteiger charge is -2.26. The van der Waals surface area contributed by atoms with Crippen molar-refractivity contribution in [1.29, 1.82) is 0 Å². The van der Waals surface area contributed by atoms with Gasteiger partial charge >= 0.3 is 6.09 Å². The molecule has 2 rings (SSSR count). The standard InChI is InChI=1S/C16H24N2O3/c1-16(2,3)21-15(20)18-14-7-6-12(19)9-13(14)11-5-4-8-17-10-11/h6-7,9,11,17,19H,4-5,8,10H2,1-3H3,(H,18,20). The molecule has 0 aromatic heterocycles. The molecule has 5 heteroatoms. The second kappa shape index (κ2) is 6.35. The van der Waals surface area contributed by atoms with Crippen LogP contribution < -0.4 is 10.6 Å². The van der Waals surface area contributed by atoms with Gasteiger partial charge in [-0.2, -0.15) is 0 Å². The Balaban J connectivity index is 2.16. The van der Waals surface area contributed by atoms with Crippen molar-refractivity contribution in [2.24, 2.45) is 0 Å². The molecule has 1 saturated heterocycles. The van der Waals surface area contributed by atoms with E-state index in [1.807, 2.05) is 20.8 Å². The Morgan fingerprint density at radius 2 is 2.19 bits per heavy atom. The number of amides is 1. The van der Waals surface area contributed by atoms with E-state index in [0.29, 0.717) is 5.69 Å². The van der Waals surface area contributed by atoms with Crippen LogP contribution >= 0.6 is 0 Å². The molecule has 1 amide bonds. The highest BCUT2D eigenvalue weighted by atomic mass is 16.6. The Kier molecular flexibility index (Phi) is 4.73. The molecule has 1 aliphatic rings. The van der Waals surface area contributed by atoms with Crippen LogP contribution in [0.15, 0.2) is 18.2 Å². The highest BCUT2D eigenvalue weighted by molar-refractivity contribution is 5.86. The average molecular weight is 292 g/mol. The van der Waals surface area contributed by atoms with Gasteiger partial charge in [-0.3, -0.25) is 5.32 Å². The fraction of sp³-hybridized carbons (Fsp3) is 0.562. The third kappa shape index (κ3) is 4.63. The Morgan fingerprint density at radius 3 is 2.81 bits per heavy atom. The summed E-state index contributed by atoms with van der Waals surface area (Å²) in [6, 6.07) is 5.03.